The number of halogens is 1. The van der Waals surface area contributed by atoms with E-state index in [-0.39, 0.29) is 5.78 Å². The maximum atomic E-state index is 11.0. The number of carbonyl (C=O) groups is 1. The van der Waals surface area contributed by atoms with Gasteiger partial charge in [-0.15, -0.1) is 0 Å². The van der Waals surface area contributed by atoms with Crippen LogP contribution in [0.1, 0.15) is 18.5 Å². The predicted octanol–water partition coefficient (Wildman–Crippen LogP) is 1.82. The summed E-state index contributed by atoms with van der Waals surface area (Å²) in [5.41, 5.74) is 1.86. The van der Waals surface area contributed by atoms with Crippen molar-refractivity contribution < 1.29 is 4.79 Å². The average Bonchev–Trinajstić information content (AvgIpc) is 2.60. The number of ketones is 1. The van der Waals surface area contributed by atoms with Crippen LogP contribution in [0.2, 0.25) is 5.02 Å². The van der Waals surface area contributed by atoms with Crippen LogP contribution in [0.4, 0.5) is 0 Å². The molecule has 1 aliphatic carbocycles. The van der Waals surface area contributed by atoms with E-state index in [0.29, 0.717) is 11.4 Å². The van der Waals surface area contributed by atoms with Crippen molar-refractivity contribution in [1.82, 2.24) is 9.78 Å². The molecule has 1 aromatic rings. The molecular formula is C9H9ClN2O. The van der Waals surface area contributed by atoms with Crippen LogP contribution in [0.3, 0.4) is 0 Å². The normalized spacial score (nSPS) is 16.5. The van der Waals surface area contributed by atoms with Gasteiger partial charge in [-0.2, -0.15) is 5.10 Å². The van der Waals surface area contributed by atoms with Crippen LogP contribution in [0, 0.1) is 0 Å². The Morgan fingerprint density at radius 1 is 1.54 bits per heavy atom. The first-order valence-electron chi connectivity index (χ1n) is 4.10. The molecule has 0 saturated heterocycles. The van der Waals surface area contributed by atoms with E-state index in [1.807, 2.05) is 7.05 Å². The van der Waals surface area contributed by atoms with E-state index >= 15 is 0 Å². The largest absolute Gasteiger partial charge is 0.295 e. The predicted molar refractivity (Wildman–Crippen MR) is 50.4 cm³/mol. The van der Waals surface area contributed by atoms with Crippen LogP contribution < -0.4 is 0 Å². The Bertz CT molecular complexity index is 373. The molecule has 1 heterocycles. The van der Waals surface area contributed by atoms with Gasteiger partial charge in [0.05, 0.1) is 16.9 Å². The van der Waals surface area contributed by atoms with Gasteiger partial charge in [0, 0.05) is 13.5 Å². The Kier molecular flexibility index (Phi) is 1.96. The maximum Gasteiger partial charge on any atom is 0.156 e. The van der Waals surface area contributed by atoms with Crippen LogP contribution in [0.25, 0.3) is 5.57 Å². The van der Waals surface area contributed by atoms with Gasteiger partial charge in [0.15, 0.2) is 5.78 Å². The molecule has 1 aromatic heterocycles. The lowest BCUT2D eigenvalue weighted by atomic mass is 10.2. The maximum absolute atomic E-state index is 11.0. The van der Waals surface area contributed by atoms with Crippen molar-refractivity contribution in [2.24, 2.45) is 7.05 Å². The van der Waals surface area contributed by atoms with Gasteiger partial charge in [-0.3, -0.25) is 9.48 Å². The molecule has 0 N–H and O–H groups in total. The third-order valence-electron chi connectivity index (χ3n) is 2.17. The van der Waals surface area contributed by atoms with Crippen LogP contribution in [0.15, 0.2) is 12.3 Å². The first-order chi connectivity index (χ1) is 6.18. The Balaban J connectivity index is 2.46. The highest BCUT2D eigenvalue weighted by Crippen LogP contribution is 2.30. The lowest BCUT2D eigenvalue weighted by molar-refractivity contribution is -0.114. The zero-order chi connectivity index (χ0) is 9.42. The first kappa shape index (κ1) is 8.51. The average molecular weight is 197 g/mol. The third kappa shape index (κ3) is 1.40. The second-order valence-corrected chi connectivity index (χ2v) is 3.51. The summed E-state index contributed by atoms with van der Waals surface area (Å²) < 4.78 is 1.70. The minimum absolute atomic E-state index is 0.173. The van der Waals surface area contributed by atoms with Crippen LogP contribution in [-0.2, 0) is 11.8 Å². The van der Waals surface area contributed by atoms with E-state index in [0.717, 1.165) is 17.7 Å². The Morgan fingerprint density at radius 2 is 2.31 bits per heavy atom. The van der Waals surface area contributed by atoms with E-state index in [2.05, 4.69) is 5.10 Å². The van der Waals surface area contributed by atoms with E-state index in [9.17, 15) is 4.79 Å². The van der Waals surface area contributed by atoms with E-state index in [4.69, 9.17) is 11.6 Å². The number of hydrogen-bond acceptors (Lipinski definition) is 2. The summed E-state index contributed by atoms with van der Waals surface area (Å²) in [5.74, 6) is 0.173. The van der Waals surface area contributed by atoms with Crippen molar-refractivity contribution in [1.29, 1.82) is 0 Å². The van der Waals surface area contributed by atoms with Crippen LogP contribution >= 0.6 is 11.6 Å². The van der Waals surface area contributed by atoms with Gasteiger partial charge in [-0.05, 0) is 18.1 Å². The molecule has 0 unspecified atom stereocenters. The molecule has 2 rings (SSSR count). The van der Waals surface area contributed by atoms with Crippen molar-refractivity contribution in [3.05, 3.63) is 23.0 Å². The molecule has 4 heteroatoms. The number of carbonyl (C=O) groups excluding carboxylic acids is 1. The van der Waals surface area contributed by atoms with Gasteiger partial charge in [0.1, 0.15) is 0 Å². The summed E-state index contributed by atoms with van der Waals surface area (Å²) in [5, 5.41) is 4.63. The van der Waals surface area contributed by atoms with Gasteiger partial charge in [0.2, 0.25) is 0 Å². The number of nitrogens with zero attached hydrogens (tertiary/aromatic N) is 2. The Labute approximate surface area is 81.0 Å². The standard InChI is InChI=1S/C9H9ClN2O/c1-12-9(8(10)5-11-12)6-2-3-7(13)4-6/h4-5H,2-3H2,1H3. The molecule has 0 fully saturated rings. The highest BCUT2D eigenvalue weighted by atomic mass is 35.5. The van der Waals surface area contributed by atoms with Crippen molar-refractivity contribution in [2.45, 2.75) is 12.8 Å². The fourth-order valence-electron chi connectivity index (χ4n) is 1.56. The molecule has 1 aliphatic rings. The number of aromatic nitrogens is 2. The van der Waals surface area contributed by atoms with Gasteiger partial charge in [-0.25, -0.2) is 0 Å². The number of allylic oxidation sites excluding steroid dienone is 2. The molecule has 0 atom stereocenters. The van der Waals surface area contributed by atoms with Crippen molar-refractivity contribution in [3.63, 3.8) is 0 Å². The fraction of sp³-hybridized carbons (Fsp3) is 0.333. The minimum atomic E-state index is 0.173. The summed E-state index contributed by atoms with van der Waals surface area (Å²) in [4.78, 5) is 11.0. The zero-order valence-corrected chi connectivity index (χ0v) is 8.01. The number of rotatable bonds is 1. The topological polar surface area (TPSA) is 34.9 Å². The SMILES string of the molecule is Cn1ncc(Cl)c1C1=CC(=O)CC1. The monoisotopic (exact) mass is 196 g/mol. The summed E-state index contributed by atoms with van der Waals surface area (Å²) in [6, 6.07) is 0. The van der Waals surface area contributed by atoms with Gasteiger partial charge in [0.25, 0.3) is 0 Å². The third-order valence-corrected chi connectivity index (χ3v) is 2.45. The molecular weight excluding hydrogens is 188 g/mol. The minimum Gasteiger partial charge on any atom is -0.295 e. The summed E-state index contributed by atoms with van der Waals surface area (Å²) in [6.45, 7) is 0. The van der Waals surface area contributed by atoms with E-state index in [1.165, 1.54) is 0 Å². The highest BCUT2D eigenvalue weighted by molar-refractivity contribution is 6.32. The number of hydrogen-bond donors (Lipinski definition) is 0. The molecule has 0 bridgehead atoms. The molecule has 0 spiro atoms. The van der Waals surface area contributed by atoms with Crippen molar-refractivity contribution in [3.8, 4) is 0 Å². The van der Waals surface area contributed by atoms with Crippen LogP contribution in [-0.4, -0.2) is 15.6 Å². The smallest absolute Gasteiger partial charge is 0.156 e. The lowest BCUT2D eigenvalue weighted by Crippen LogP contribution is -1.96. The quantitative estimate of drug-likeness (QED) is 0.687. The summed E-state index contributed by atoms with van der Waals surface area (Å²) in [7, 11) is 1.82. The Hall–Kier alpha value is -1.09. The van der Waals surface area contributed by atoms with Crippen molar-refractivity contribution in [2.75, 3.05) is 0 Å². The second kappa shape index (κ2) is 3.00. The van der Waals surface area contributed by atoms with E-state index < -0.39 is 0 Å². The van der Waals surface area contributed by atoms with Gasteiger partial charge >= 0.3 is 0 Å². The summed E-state index contributed by atoms with van der Waals surface area (Å²) in [6.07, 6.45) is 4.62. The second-order valence-electron chi connectivity index (χ2n) is 3.10. The molecule has 0 saturated carbocycles. The molecule has 68 valence electrons. The molecule has 3 nitrogen and oxygen atoms in total. The van der Waals surface area contributed by atoms with Crippen molar-refractivity contribution >= 4 is 23.0 Å². The molecule has 0 aliphatic heterocycles. The lowest BCUT2D eigenvalue weighted by Gasteiger charge is -2.01. The molecule has 0 aromatic carbocycles. The molecule has 0 amide bonds. The summed E-state index contributed by atoms with van der Waals surface area (Å²) >= 11 is 5.94. The number of aryl methyl sites for hydroxylation is 1. The van der Waals surface area contributed by atoms with Gasteiger partial charge in [-0.1, -0.05) is 11.6 Å². The fourth-order valence-corrected chi connectivity index (χ4v) is 1.84. The Morgan fingerprint density at radius 3 is 2.77 bits per heavy atom. The molecule has 0 radical (unpaired) electrons. The zero-order valence-electron chi connectivity index (χ0n) is 7.25. The first-order valence-corrected chi connectivity index (χ1v) is 4.47. The van der Waals surface area contributed by atoms with Gasteiger partial charge < -0.3 is 0 Å². The van der Waals surface area contributed by atoms with Crippen LogP contribution in [0.5, 0.6) is 0 Å². The molecule has 13 heavy (non-hydrogen) atoms. The van der Waals surface area contributed by atoms with E-state index in [1.54, 1.807) is 17.0 Å². The highest BCUT2D eigenvalue weighted by Gasteiger charge is 2.18.